The summed E-state index contributed by atoms with van der Waals surface area (Å²) in [5, 5.41) is 2.57. The number of esters is 1. The molecule has 2 rings (SSSR count). The topological polar surface area (TPSA) is 89.5 Å². The van der Waals surface area contributed by atoms with Crippen LogP contribution in [0.5, 0.6) is 0 Å². The summed E-state index contributed by atoms with van der Waals surface area (Å²) in [6.07, 6.45) is -0.232. The first kappa shape index (κ1) is 20.6. The number of nitrogens with one attached hydrogen (secondary N) is 1. The van der Waals surface area contributed by atoms with Crippen LogP contribution in [-0.4, -0.2) is 32.2 Å². The third kappa shape index (κ3) is 6.86. The summed E-state index contributed by atoms with van der Waals surface area (Å²) >= 11 is 0. The van der Waals surface area contributed by atoms with Gasteiger partial charge in [-0.1, -0.05) is 29.8 Å². The number of benzene rings is 2. The second kappa shape index (κ2) is 8.81. The number of hydrogen-bond acceptors (Lipinski definition) is 5. The number of aryl methyl sites for hydroxylation is 1. The van der Waals surface area contributed by atoms with Crippen molar-refractivity contribution < 1.29 is 22.7 Å². The van der Waals surface area contributed by atoms with E-state index in [1.165, 1.54) is 12.1 Å². The van der Waals surface area contributed by atoms with E-state index in [0.717, 1.165) is 5.56 Å². The van der Waals surface area contributed by atoms with Gasteiger partial charge < -0.3 is 10.1 Å². The molecule has 0 spiro atoms. The van der Waals surface area contributed by atoms with Gasteiger partial charge in [-0.15, -0.1) is 0 Å². The van der Waals surface area contributed by atoms with Gasteiger partial charge in [0.25, 0.3) is 0 Å². The molecule has 1 amide bonds. The van der Waals surface area contributed by atoms with E-state index in [-0.39, 0.29) is 11.9 Å². The van der Waals surface area contributed by atoms with Crippen LogP contribution in [0.25, 0.3) is 0 Å². The largest absolute Gasteiger partial charge is 0.459 e. The highest BCUT2D eigenvalue weighted by atomic mass is 32.2. The van der Waals surface area contributed by atoms with Crippen molar-refractivity contribution in [2.45, 2.75) is 32.6 Å². The van der Waals surface area contributed by atoms with Crippen molar-refractivity contribution in [2.75, 3.05) is 11.1 Å². The highest BCUT2D eigenvalue weighted by Crippen LogP contribution is 2.12. The first-order valence-electron chi connectivity index (χ1n) is 8.51. The minimum Gasteiger partial charge on any atom is -0.459 e. The molecule has 27 heavy (non-hydrogen) atoms. The summed E-state index contributed by atoms with van der Waals surface area (Å²) in [4.78, 5) is 23.8. The molecule has 0 fully saturated rings. The lowest BCUT2D eigenvalue weighted by molar-refractivity contribution is -0.113. The first-order valence-corrected chi connectivity index (χ1v) is 10.3. The van der Waals surface area contributed by atoms with Crippen molar-refractivity contribution in [1.82, 2.24) is 0 Å². The molecular weight excluding hydrogens is 366 g/mol. The Bertz CT molecular complexity index is 900. The van der Waals surface area contributed by atoms with Gasteiger partial charge in [0.2, 0.25) is 5.91 Å². The lowest BCUT2D eigenvalue weighted by atomic mass is 10.1. The minimum absolute atomic E-state index is 0.232. The van der Waals surface area contributed by atoms with Gasteiger partial charge in [0.1, 0.15) is 5.75 Å². The predicted octanol–water partition coefficient (Wildman–Crippen LogP) is 3.11. The number of sulfone groups is 1. The van der Waals surface area contributed by atoms with Gasteiger partial charge in [-0.2, -0.15) is 0 Å². The van der Waals surface area contributed by atoms with Gasteiger partial charge >= 0.3 is 5.97 Å². The lowest BCUT2D eigenvalue weighted by Gasteiger charge is -2.09. The van der Waals surface area contributed by atoms with Gasteiger partial charge in [0.05, 0.1) is 17.4 Å². The standard InChI is InChI=1S/C20H23NO5S/c1-14(2)26-20(23)17-8-6-16(7-9-17)12-27(24,25)13-19(22)21-18-10-4-15(3)5-11-18/h4-11,14H,12-13H2,1-3H3,(H,21,22). The summed E-state index contributed by atoms with van der Waals surface area (Å²) in [7, 11) is -3.64. The predicted molar refractivity (Wildman–Crippen MR) is 104 cm³/mol. The quantitative estimate of drug-likeness (QED) is 0.735. The summed E-state index contributed by atoms with van der Waals surface area (Å²) in [5.41, 5.74) is 2.44. The highest BCUT2D eigenvalue weighted by Gasteiger charge is 2.18. The smallest absolute Gasteiger partial charge is 0.338 e. The van der Waals surface area contributed by atoms with Crippen LogP contribution in [-0.2, 0) is 25.1 Å². The number of rotatable bonds is 7. The van der Waals surface area contributed by atoms with Gasteiger partial charge in [0, 0.05) is 5.69 Å². The van der Waals surface area contributed by atoms with Gasteiger partial charge in [0.15, 0.2) is 9.84 Å². The SMILES string of the molecule is Cc1ccc(NC(=O)CS(=O)(=O)Cc2ccc(C(=O)OC(C)C)cc2)cc1. The normalized spacial score (nSPS) is 11.3. The molecule has 0 unspecified atom stereocenters. The fraction of sp³-hybridized carbons (Fsp3) is 0.300. The van der Waals surface area contributed by atoms with Crippen LogP contribution in [0.3, 0.4) is 0 Å². The van der Waals surface area contributed by atoms with E-state index >= 15 is 0 Å². The van der Waals surface area contributed by atoms with Crippen LogP contribution >= 0.6 is 0 Å². The summed E-state index contributed by atoms with van der Waals surface area (Å²) in [6, 6.07) is 13.2. The monoisotopic (exact) mass is 389 g/mol. The van der Waals surface area contributed by atoms with Crippen LogP contribution in [0.2, 0.25) is 0 Å². The van der Waals surface area contributed by atoms with Crippen LogP contribution in [0.1, 0.15) is 35.3 Å². The number of hydrogen-bond donors (Lipinski definition) is 1. The van der Waals surface area contributed by atoms with E-state index in [4.69, 9.17) is 4.74 Å². The van der Waals surface area contributed by atoms with Crippen molar-refractivity contribution in [1.29, 1.82) is 0 Å². The van der Waals surface area contributed by atoms with E-state index in [1.807, 2.05) is 19.1 Å². The van der Waals surface area contributed by atoms with E-state index in [9.17, 15) is 18.0 Å². The molecule has 0 saturated heterocycles. The lowest BCUT2D eigenvalue weighted by Crippen LogP contribution is -2.24. The Morgan fingerprint density at radius 1 is 1.00 bits per heavy atom. The molecule has 0 aliphatic rings. The zero-order chi connectivity index (χ0) is 20.0. The maximum atomic E-state index is 12.3. The van der Waals surface area contributed by atoms with E-state index in [1.54, 1.807) is 38.1 Å². The zero-order valence-corrected chi connectivity index (χ0v) is 16.4. The van der Waals surface area contributed by atoms with Gasteiger partial charge in [-0.3, -0.25) is 4.79 Å². The molecule has 1 N–H and O–H groups in total. The van der Waals surface area contributed by atoms with E-state index in [0.29, 0.717) is 16.8 Å². The van der Waals surface area contributed by atoms with Crippen LogP contribution in [0, 0.1) is 6.92 Å². The van der Waals surface area contributed by atoms with Crippen molar-refractivity contribution in [2.24, 2.45) is 0 Å². The average molecular weight is 389 g/mol. The molecule has 0 aliphatic heterocycles. The van der Waals surface area contributed by atoms with Crippen molar-refractivity contribution in [3.8, 4) is 0 Å². The Hall–Kier alpha value is -2.67. The molecule has 144 valence electrons. The number of ether oxygens (including phenoxy) is 1. The second-order valence-corrected chi connectivity index (χ2v) is 8.66. The minimum atomic E-state index is -3.64. The zero-order valence-electron chi connectivity index (χ0n) is 15.6. The number of anilines is 1. The Labute approximate surface area is 159 Å². The number of amides is 1. The average Bonchev–Trinajstić information content (AvgIpc) is 2.56. The fourth-order valence-electron chi connectivity index (χ4n) is 2.36. The third-order valence-corrected chi connectivity index (χ3v) is 5.08. The van der Waals surface area contributed by atoms with Crippen molar-refractivity contribution in [3.05, 3.63) is 65.2 Å². The number of carbonyl (C=O) groups excluding carboxylic acids is 2. The van der Waals surface area contributed by atoms with Crippen molar-refractivity contribution >= 4 is 27.4 Å². The number of carbonyl (C=O) groups is 2. The molecule has 2 aromatic rings. The van der Waals surface area contributed by atoms with Crippen molar-refractivity contribution in [3.63, 3.8) is 0 Å². The van der Waals surface area contributed by atoms with Crippen LogP contribution in [0.15, 0.2) is 48.5 Å². The molecule has 7 heteroatoms. The summed E-state index contributed by atoms with van der Waals surface area (Å²) in [6.45, 7) is 5.42. The summed E-state index contributed by atoms with van der Waals surface area (Å²) in [5.74, 6) is -1.95. The second-order valence-electron chi connectivity index (χ2n) is 6.60. The molecular formula is C20H23NO5S. The van der Waals surface area contributed by atoms with Crippen LogP contribution < -0.4 is 5.32 Å². The first-order chi connectivity index (χ1) is 12.6. The fourth-order valence-corrected chi connectivity index (χ4v) is 3.63. The van der Waals surface area contributed by atoms with Gasteiger partial charge in [-0.05, 0) is 50.6 Å². The summed E-state index contributed by atoms with van der Waals surface area (Å²) < 4.78 is 29.6. The maximum Gasteiger partial charge on any atom is 0.338 e. The van der Waals surface area contributed by atoms with Gasteiger partial charge in [-0.25, -0.2) is 13.2 Å². The highest BCUT2D eigenvalue weighted by molar-refractivity contribution is 7.91. The molecule has 0 atom stereocenters. The Kier molecular flexibility index (Phi) is 6.74. The molecule has 2 aromatic carbocycles. The molecule has 6 nitrogen and oxygen atoms in total. The Morgan fingerprint density at radius 3 is 2.15 bits per heavy atom. The Balaban J connectivity index is 1.96. The molecule has 0 bridgehead atoms. The Morgan fingerprint density at radius 2 is 1.59 bits per heavy atom. The maximum absolute atomic E-state index is 12.3. The molecule has 0 heterocycles. The molecule has 0 saturated carbocycles. The molecule has 0 aromatic heterocycles. The molecule has 0 aliphatic carbocycles. The van der Waals surface area contributed by atoms with E-state index < -0.39 is 27.5 Å². The third-order valence-electron chi connectivity index (χ3n) is 3.61. The van der Waals surface area contributed by atoms with E-state index in [2.05, 4.69) is 5.32 Å². The van der Waals surface area contributed by atoms with Crippen LogP contribution in [0.4, 0.5) is 5.69 Å². The molecule has 0 radical (unpaired) electrons.